The first-order valence-corrected chi connectivity index (χ1v) is 7.74. The molecule has 0 radical (unpaired) electrons. The number of aliphatic imine (C=N–C) groups is 1. The number of hydrogen-bond donors (Lipinski definition) is 2. The highest BCUT2D eigenvalue weighted by atomic mass is 35.5. The van der Waals surface area contributed by atoms with Crippen LogP contribution in [0.5, 0.6) is 5.75 Å². The van der Waals surface area contributed by atoms with Crippen LogP contribution >= 0.6 is 11.6 Å². The number of anilines is 1. The van der Waals surface area contributed by atoms with Crippen molar-refractivity contribution in [3.8, 4) is 5.75 Å². The topological polar surface area (TPSA) is 68.9 Å². The van der Waals surface area contributed by atoms with Gasteiger partial charge >= 0.3 is 6.61 Å². The van der Waals surface area contributed by atoms with Gasteiger partial charge in [0, 0.05) is 28.9 Å². The largest absolute Gasteiger partial charge is 0.434 e. The highest BCUT2D eigenvalue weighted by Gasteiger charge is 2.10. The van der Waals surface area contributed by atoms with Gasteiger partial charge in [0.1, 0.15) is 5.75 Å². The van der Waals surface area contributed by atoms with E-state index in [1.165, 1.54) is 18.2 Å². The van der Waals surface area contributed by atoms with Crippen molar-refractivity contribution in [2.24, 2.45) is 10.7 Å². The van der Waals surface area contributed by atoms with Gasteiger partial charge in [-0.25, -0.2) is 4.99 Å². The molecule has 2 aromatic rings. The molecule has 3 N–H and O–H groups in total. The first-order valence-electron chi connectivity index (χ1n) is 7.36. The molecule has 134 valence electrons. The smallest absolute Gasteiger partial charge is 0.387 e. The number of rotatable bonds is 7. The van der Waals surface area contributed by atoms with E-state index in [0.717, 1.165) is 11.3 Å². The van der Waals surface area contributed by atoms with Gasteiger partial charge in [-0.2, -0.15) is 8.78 Å². The maximum Gasteiger partial charge on any atom is 0.387 e. The maximum atomic E-state index is 12.5. The molecule has 2 rings (SSSR count). The molecule has 0 saturated heterocycles. The molecule has 0 aliphatic carbocycles. The Bertz CT molecular complexity index is 742. The molecule has 0 amide bonds. The van der Waals surface area contributed by atoms with Crippen molar-refractivity contribution in [1.82, 2.24) is 0 Å². The lowest BCUT2D eigenvalue weighted by Gasteiger charge is -2.12. The standard InChI is InChI=1S/C17H18ClF2N3O2/c1-24-10-11-4-2-3-5-14(11)23-17(21)22-9-12-8-13(18)6-7-15(12)25-16(19)20/h2-8,16H,9-10H2,1H3,(H3,21,22,23). The zero-order chi connectivity index (χ0) is 18.2. The van der Waals surface area contributed by atoms with Crippen molar-refractivity contribution in [2.45, 2.75) is 19.8 Å². The van der Waals surface area contributed by atoms with Crippen molar-refractivity contribution in [1.29, 1.82) is 0 Å². The van der Waals surface area contributed by atoms with Crippen LogP contribution in [0.3, 0.4) is 0 Å². The Kier molecular flexibility index (Phi) is 6.97. The van der Waals surface area contributed by atoms with Crippen molar-refractivity contribution < 1.29 is 18.3 Å². The normalized spacial score (nSPS) is 11.6. The molecule has 0 aliphatic heterocycles. The number of alkyl halides is 2. The molecule has 0 atom stereocenters. The fourth-order valence-electron chi connectivity index (χ4n) is 2.15. The minimum Gasteiger partial charge on any atom is -0.434 e. The van der Waals surface area contributed by atoms with Crippen LogP contribution in [0.1, 0.15) is 11.1 Å². The van der Waals surface area contributed by atoms with E-state index in [-0.39, 0.29) is 18.3 Å². The second-order valence-corrected chi connectivity index (χ2v) is 5.48. The minimum absolute atomic E-state index is 0.00994. The van der Waals surface area contributed by atoms with Gasteiger partial charge in [-0.15, -0.1) is 0 Å². The predicted molar refractivity (Wildman–Crippen MR) is 94.2 cm³/mol. The molecule has 0 unspecified atom stereocenters. The van der Waals surface area contributed by atoms with Gasteiger partial charge in [-0.3, -0.25) is 0 Å². The molecule has 8 heteroatoms. The summed E-state index contributed by atoms with van der Waals surface area (Å²) in [4.78, 5) is 4.16. The third-order valence-corrected chi connectivity index (χ3v) is 3.47. The molecular weight excluding hydrogens is 352 g/mol. The third kappa shape index (κ3) is 5.88. The second kappa shape index (κ2) is 9.19. The van der Waals surface area contributed by atoms with E-state index in [2.05, 4.69) is 15.0 Å². The number of para-hydroxylation sites is 1. The van der Waals surface area contributed by atoms with E-state index in [0.29, 0.717) is 17.2 Å². The van der Waals surface area contributed by atoms with Crippen LogP contribution in [0.15, 0.2) is 47.5 Å². The average Bonchev–Trinajstić information content (AvgIpc) is 2.57. The molecule has 0 heterocycles. The summed E-state index contributed by atoms with van der Waals surface area (Å²) in [5, 5.41) is 3.36. The van der Waals surface area contributed by atoms with Crippen LogP contribution in [0, 0.1) is 0 Å². The minimum atomic E-state index is -2.93. The maximum absolute atomic E-state index is 12.5. The van der Waals surface area contributed by atoms with Gasteiger partial charge in [0.05, 0.1) is 13.2 Å². The molecule has 2 aromatic carbocycles. The Morgan fingerprint density at radius 3 is 2.72 bits per heavy atom. The van der Waals surface area contributed by atoms with E-state index >= 15 is 0 Å². The molecule has 5 nitrogen and oxygen atoms in total. The summed E-state index contributed by atoms with van der Waals surface area (Å²) in [6, 6.07) is 11.8. The predicted octanol–water partition coefficient (Wildman–Crippen LogP) is 4.01. The summed E-state index contributed by atoms with van der Waals surface area (Å²) in [5.41, 5.74) is 7.95. The lowest BCUT2D eigenvalue weighted by molar-refractivity contribution is -0.0504. The Balaban J connectivity index is 2.12. The zero-order valence-electron chi connectivity index (χ0n) is 13.5. The molecule has 0 saturated carbocycles. The van der Waals surface area contributed by atoms with E-state index in [9.17, 15) is 8.78 Å². The Labute approximate surface area is 149 Å². The monoisotopic (exact) mass is 369 g/mol. The number of guanidine groups is 1. The molecule has 0 bridgehead atoms. The summed E-state index contributed by atoms with van der Waals surface area (Å²) >= 11 is 5.90. The fourth-order valence-corrected chi connectivity index (χ4v) is 2.35. The zero-order valence-corrected chi connectivity index (χ0v) is 14.3. The van der Waals surface area contributed by atoms with Gasteiger partial charge in [0.25, 0.3) is 0 Å². The molecule has 0 aliphatic rings. The van der Waals surface area contributed by atoms with Crippen molar-refractivity contribution in [3.63, 3.8) is 0 Å². The van der Waals surface area contributed by atoms with Crippen LogP contribution < -0.4 is 15.8 Å². The second-order valence-electron chi connectivity index (χ2n) is 5.05. The summed E-state index contributed by atoms with van der Waals surface area (Å²) in [7, 11) is 1.60. The summed E-state index contributed by atoms with van der Waals surface area (Å²) < 4.78 is 34.5. The Morgan fingerprint density at radius 2 is 2.00 bits per heavy atom. The number of nitrogens with zero attached hydrogens (tertiary/aromatic N) is 1. The molecular formula is C17H18ClF2N3O2. The molecule has 0 aromatic heterocycles. The van der Waals surface area contributed by atoms with Crippen LogP contribution in [-0.4, -0.2) is 19.7 Å². The fraction of sp³-hybridized carbons (Fsp3) is 0.235. The van der Waals surface area contributed by atoms with Crippen LogP contribution in [0.2, 0.25) is 5.02 Å². The number of benzene rings is 2. The number of halogens is 3. The quantitative estimate of drug-likeness (QED) is 0.571. The molecule has 25 heavy (non-hydrogen) atoms. The lowest BCUT2D eigenvalue weighted by atomic mass is 10.2. The molecule has 0 spiro atoms. The summed E-state index contributed by atoms with van der Waals surface area (Å²) in [6.45, 7) is -2.48. The summed E-state index contributed by atoms with van der Waals surface area (Å²) in [5.74, 6) is 0.141. The van der Waals surface area contributed by atoms with E-state index in [4.69, 9.17) is 22.1 Å². The van der Waals surface area contributed by atoms with Gasteiger partial charge in [-0.1, -0.05) is 29.8 Å². The van der Waals surface area contributed by atoms with E-state index < -0.39 is 6.61 Å². The summed E-state index contributed by atoms with van der Waals surface area (Å²) in [6.07, 6.45) is 0. The number of nitrogens with one attached hydrogen (secondary N) is 1. The van der Waals surface area contributed by atoms with E-state index in [1.54, 1.807) is 7.11 Å². The highest BCUT2D eigenvalue weighted by Crippen LogP contribution is 2.25. The number of hydrogen-bond acceptors (Lipinski definition) is 3. The number of ether oxygens (including phenoxy) is 2. The average molecular weight is 370 g/mol. The Hall–Kier alpha value is -2.38. The first kappa shape index (κ1) is 19.0. The van der Waals surface area contributed by atoms with Gasteiger partial charge < -0.3 is 20.5 Å². The van der Waals surface area contributed by atoms with Crippen molar-refractivity contribution >= 4 is 23.2 Å². The van der Waals surface area contributed by atoms with Crippen LogP contribution in [0.4, 0.5) is 14.5 Å². The van der Waals surface area contributed by atoms with Gasteiger partial charge in [0.2, 0.25) is 0 Å². The van der Waals surface area contributed by atoms with Crippen LogP contribution in [-0.2, 0) is 17.9 Å². The van der Waals surface area contributed by atoms with Crippen molar-refractivity contribution in [3.05, 3.63) is 58.6 Å². The van der Waals surface area contributed by atoms with Crippen LogP contribution in [0.25, 0.3) is 0 Å². The number of nitrogens with two attached hydrogens (primary N) is 1. The molecule has 0 fully saturated rings. The lowest BCUT2D eigenvalue weighted by Crippen LogP contribution is -2.23. The van der Waals surface area contributed by atoms with Gasteiger partial charge in [-0.05, 0) is 24.3 Å². The third-order valence-electron chi connectivity index (χ3n) is 3.24. The first-order chi connectivity index (χ1) is 12.0. The SMILES string of the molecule is COCc1ccccc1NC(N)=NCc1cc(Cl)ccc1OC(F)F. The van der Waals surface area contributed by atoms with Crippen molar-refractivity contribution in [2.75, 3.05) is 12.4 Å². The number of methoxy groups -OCH3 is 1. The van der Waals surface area contributed by atoms with E-state index in [1.807, 2.05) is 24.3 Å². The van der Waals surface area contributed by atoms with Gasteiger partial charge in [0.15, 0.2) is 5.96 Å². The highest BCUT2D eigenvalue weighted by molar-refractivity contribution is 6.30. The Morgan fingerprint density at radius 1 is 1.24 bits per heavy atom.